The summed E-state index contributed by atoms with van der Waals surface area (Å²) in [6, 6.07) is 7.63. The van der Waals surface area contributed by atoms with Crippen LogP contribution >= 0.6 is 0 Å². The molecule has 1 aromatic carbocycles. The number of sulfonamides is 1. The molecule has 2 aromatic rings. The fourth-order valence-electron chi connectivity index (χ4n) is 3.63. The lowest BCUT2D eigenvalue weighted by Gasteiger charge is -2.39. The van der Waals surface area contributed by atoms with Gasteiger partial charge in [0.05, 0.1) is 31.1 Å². The zero-order valence-corrected chi connectivity index (χ0v) is 16.6. The Kier molecular flexibility index (Phi) is 5.39. The first-order valence-electron chi connectivity index (χ1n) is 8.99. The zero-order valence-electron chi connectivity index (χ0n) is 15.8. The summed E-state index contributed by atoms with van der Waals surface area (Å²) in [5.74, 6) is -0.881. The third kappa shape index (κ3) is 4.06. The monoisotopic (exact) mass is 391 g/mol. The number of nitrogens with zero attached hydrogens (tertiary/aromatic N) is 2. The van der Waals surface area contributed by atoms with Crippen molar-refractivity contribution in [3.63, 3.8) is 0 Å². The van der Waals surface area contributed by atoms with Gasteiger partial charge in [0.25, 0.3) is 0 Å². The van der Waals surface area contributed by atoms with E-state index in [-0.39, 0.29) is 10.9 Å². The van der Waals surface area contributed by atoms with Gasteiger partial charge in [-0.3, -0.25) is 4.79 Å². The Balaban J connectivity index is 1.86. The number of rotatable bonds is 5. The number of ether oxygens (including phenoxy) is 1. The summed E-state index contributed by atoms with van der Waals surface area (Å²) >= 11 is 0. The Labute approximate surface area is 159 Å². The van der Waals surface area contributed by atoms with E-state index < -0.39 is 21.5 Å². The summed E-state index contributed by atoms with van der Waals surface area (Å²) in [5.41, 5.74) is 1.01. The maximum atomic E-state index is 12.9. The number of hydrogen-bond donors (Lipinski definition) is 1. The first-order chi connectivity index (χ1) is 12.7. The Hall–Kier alpha value is -2.19. The van der Waals surface area contributed by atoms with E-state index in [0.717, 1.165) is 24.1 Å². The second-order valence-corrected chi connectivity index (χ2v) is 8.98. The fourth-order valence-corrected chi connectivity index (χ4v) is 5.03. The minimum Gasteiger partial charge on any atom is -0.469 e. The number of benzene rings is 1. The van der Waals surface area contributed by atoms with Gasteiger partial charge in [0.15, 0.2) is 0 Å². The van der Waals surface area contributed by atoms with Crippen LogP contribution in [0, 0.1) is 12.8 Å². The van der Waals surface area contributed by atoms with Gasteiger partial charge in [-0.15, -0.1) is 0 Å². The second-order valence-electron chi connectivity index (χ2n) is 7.30. The van der Waals surface area contributed by atoms with E-state index in [1.807, 2.05) is 31.2 Å². The average Bonchev–Trinajstić information content (AvgIpc) is 3.12. The topological polar surface area (TPSA) is 90.3 Å². The standard InChI is InChI=1S/C19H25N3O4S/c1-14-7-9-15(10-8-14)22-13-16(12-20-22)27(24,25)21-19(2)11-5-4-6-17(19)18(23)26-3/h7-10,12-13,17,21H,4-6,11H2,1-3H3/t17-,19-/m0/s1. The van der Waals surface area contributed by atoms with E-state index in [1.165, 1.54) is 24.2 Å². The van der Waals surface area contributed by atoms with Crippen molar-refractivity contribution >= 4 is 16.0 Å². The molecule has 1 heterocycles. The van der Waals surface area contributed by atoms with Crippen LogP contribution < -0.4 is 4.72 Å². The van der Waals surface area contributed by atoms with Gasteiger partial charge in [-0.05, 0) is 38.8 Å². The summed E-state index contributed by atoms with van der Waals surface area (Å²) < 4.78 is 35.0. The lowest BCUT2D eigenvalue weighted by atomic mass is 9.74. The summed E-state index contributed by atoms with van der Waals surface area (Å²) in [6.07, 6.45) is 5.72. The Morgan fingerprint density at radius 1 is 1.30 bits per heavy atom. The highest BCUT2D eigenvalue weighted by molar-refractivity contribution is 7.89. The molecule has 1 aromatic heterocycles. The SMILES string of the molecule is COC(=O)[C@@H]1CCCC[C@]1(C)NS(=O)(=O)c1cnn(-c2ccc(C)cc2)c1. The summed E-state index contributed by atoms with van der Waals surface area (Å²) in [4.78, 5) is 12.2. The third-order valence-electron chi connectivity index (χ3n) is 5.23. The molecule has 0 unspecified atom stereocenters. The van der Waals surface area contributed by atoms with Crippen LogP contribution in [0.1, 0.15) is 38.2 Å². The van der Waals surface area contributed by atoms with E-state index in [1.54, 1.807) is 6.92 Å². The maximum absolute atomic E-state index is 12.9. The van der Waals surface area contributed by atoms with Crippen molar-refractivity contribution < 1.29 is 17.9 Å². The number of carbonyl (C=O) groups is 1. The van der Waals surface area contributed by atoms with Crippen LogP contribution in [0.15, 0.2) is 41.6 Å². The Morgan fingerprint density at radius 2 is 2.00 bits per heavy atom. The van der Waals surface area contributed by atoms with E-state index in [4.69, 9.17) is 4.74 Å². The van der Waals surface area contributed by atoms with Gasteiger partial charge in [0, 0.05) is 5.54 Å². The normalized spacial score (nSPS) is 23.1. The van der Waals surface area contributed by atoms with Crippen LogP contribution in [0.2, 0.25) is 0 Å². The Bertz CT molecular complexity index is 921. The number of hydrogen-bond acceptors (Lipinski definition) is 5. The first kappa shape index (κ1) is 19.6. The molecule has 0 spiro atoms. The van der Waals surface area contributed by atoms with Crippen LogP contribution in [0.25, 0.3) is 5.69 Å². The van der Waals surface area contributed by atoms with Crippen LogP contribution in [0.3, 0.4) is 0 Å². The summed E-state index contributed by atoms with van der Waals surface area (Å²) in [7, 11) is -2.50. The van der Waals surface area contributed by atoms with Crippen molar-refractivity contribution in [2.45, 2.75) is 50.0 Å². The number of esters is 1. The average molecular weight is 391 g/mol. The molecule has 27 heavy (non-hydrogen) atoms. The molecule has 0 amide bonds. The molecule has 3 rings (SSSR count). The fraction of sp³-hybridized carbons (Fsp3) is 0.474. The molecule has 1 saturated carbocycles. The van der Waals surface area contributed by atoms with Crippen molar-refractivity contribution in [2.24, 2.45) is 5.92 Å². The quantitative estimate of drug-likeness (QED) is 0.791. The molecular weight excluding hydrogens is 366 g/mol. The molecular formula is C19H25N3O4S. The van der Waals surface area contributed by atoms with Crippen LogP contribution in [0.4, 0.5) is 0 Å². The van der Waals surface area contributed by atoms with Crippen molar-refractivity contribution in [1.82, 2.24) is 14.5 Å². The van der Waals surface area contributed by atoms with Gasteiger partial charge in [-0.2, -0.15) is 5.10 Å². The molecule has 1 N–H and O–H groups in total. The molecule has 0 aliphatic heterocycles. The number of aryl methyl sites for hydroxylation is 1. The van der Waals surface area contributed by atoms with Crippen LogP contribution in [-0.4, -0.2) is 36.8 Å². The molecule has 7 nitrogen and oxygen atoms in total. The van der Waals surface area contributed by atoms with Gasteiger partial charge in [0.2, 0.25) is 10.0 Å². The summed E-state index contributed by atoms with van der Waals surface area (Å²) in [5, 5.41) is 4.17. The molecule has 0 radical (unpaired) electrons. The highest BCUT2D eigenvalue weighted by Crippen LogP contribution is 2.35. The number of methoxy groups -OCH3 is 1. The minimum absolute atomic E-state index is 0.0680. The van der Waals surface area contributed by atoms with E-state index >= 15 is 0 Å². The van der Waals surface area contributed by atoms with E-state index in [2.05, 4.69) is 9.82 Å². The molecule has 0 saturated heterocycles. The minimum atomic E-state index is -3.83. The van der Waals surface area contributed by atoms with Crippen molar-refractivity contribution in [3.8, 4) is 5.69 Å². The number of nitrogens with one attached hydrogen (secondary N) is 1. The molecule has 1 fully saturated rings. The van der Waals surface area contributed by atoms with E-state index in [0.29, 0.717) is 12.8 Å². The van der Waals surface area contributed by atoms with Crippen LogP contribution in [-0.2, 0) is 19.6 Å². The number of aromatic nitrogens is 2. The zero-order chi connectivity index (χ0) is 19.7. The van der Waals surface area contributed by atoms with Gasteiger partial charge >= 0.3 is 5.97 Å². The van der Waals surface area contributed by atoms with Crippen molar-refractivity contribution in [3.05, 3.63) is 42.2 Å². The molecule has 2 atom stereocenters. The lowest BCUT2D eigenvalue weighted by molar-refractivity contribution is -0.149. The van der Waals surface area contributed by atoms with Gasteiger partial charge < -0.3 is 4.74 Å². The molecule has 8 heteroatoms. The van der Waals surface area contributed by atoms with E-state index in [9.17, 15) is 13.2 Å². The predicted molar refractivity (Wildman–Crippen MR) is 101 cm³/mol. The molecule has 1 aliphatic rings. The van der Waals surface area contributed by atoms with Gasteiger partial charge in [-0.1, -0.05) is 30.5 Å². The molecule has 1 aliphatic carbocycles. The largest absolute Gasteiger partial charge is 0.469 e. The van der Waals surface area contributed by atoms with Crippen molar-refractivity contribution in [1.29, 1.82) is 0 Å². The van der Waals surface area contributed by atoms with Gasteiger partial charge in [-0.25, -0.2) is 17.8 Å². The van der Waals surface area contributed by atoms with Crippen LogP contribution in [0.5, 0.6) is 0 Å². The predicted octanol–water partition coefficient (Wildman–Crippen LogP) is 2.58. The first-order valence-corrected chi connectivity index (χ1v) is 10.5. The smallest absolute Gasteiger partial charge is 0.310 e. The third-order valence-corrected chi connectivity index (χ3v) is 6.80. The second kappa shape index (κ2) is 7.44. The molecule has 0 bridgehead atoms. The van der Waals surface area contributed by atoms with Crippen molar-refractivity contribution in [2.75, 3.05) is 7.11 Å². The lowest BCUT2D eigenvalue weighted by Crippen LogP contribution is -2.55. The summed E-state index contributed by atoms with van der Waals surface area (Å²) in [6.45, 7) is 3.75. The Morgan fingerprint density at radius 3 is 2.67 bits per heavy atom. The maximum Gasteiger partial charge on any atom is 0.310 e. The van der Waals surface area contributed by atoms with Gasteiger partial charge in [0.1, 0.15) is 4.90 Å². The highest BCUT2D eigenvalue weighted by Gasteiger charge is 2.44. The highest BCUT2D eigenvalue weighted by atomic mass is 32.2. The molecule has 146 valence electrons. The number of carbonyl (C=O) groups excluding carboxylic acids is 1.